The van der Waals surface area contributed by atoms with Gasteiger partial charge in [-0.15, -0.1) is 11.3 Å². The van der Waals surface area contributed by atoms with Crippen molar-refractivity contribution in [3.8, 4) is 0 Å². The third kappa shape index (κ3) is 2.85. The summed E-state index contributed by atoms with van der Waals surface area (Å²) in [5, 5.41) is 0.464. The molecule has 0 bridgehead atoms. The Kier molecular flexibility index (Phi) is 3.90. The van der Waals surface area contributed by atoms with E-state index in [0.29, 0.717) is 16.8 Å². The lowest BCUT2D eigenvalue weighted by atomic mass is 10.2. The van der Waals surface area contributed by atoms with Crippen molar-refractivity contribution in [3.63, 3.8) is 0 Å². The number of amides is 1. The van der Waals surface area contributed by atoms with Gasteiger partial charge in [-0.3, -0.25) is 4.79 Å². The molecule has 1 aromatic heterocycles. The zero-order chi connectivity index (χ0) is 15.7. The molecular formula is C17H13F2NOS. The zero-order valence-corrected chi connectivity index (χ0v) is 12.7. The lowest BCUT2D eigenvalue weighted by molar-refractivity contribution is 0.0790. The van der Waals surface area contributed by atoms with Crippen molar-refractivity contribution in [2.24, 2.45) is 0 Å². The van der Waals surface area contributed by atoms with Crippen LogP contribution < -0.4 is 0 Å². The normalized spacial score (nSPS) is 10.9. The van der Waals surface area contributed by atoms with Crippen molar-refractivity contribution in [1.29, 1.82) is 0 Å². The minimum Gasteiger partial charge on any atom is -0.337 e. The Bertz CT molecular complexity index is 826. The minimum absolute atomic E-state index is 0.176. The largest absolute Gasteiger partial charge is 0.337 e. The van der Waals surface area contributed by atoms with Gasteiger partial charge in [0.05, 0.1) is 4.88 Å². The number of fused-ring (bicyclic) bond motifs is 1. The van der Waals surface area contributed by atoms with E-state index in [1.807, 2.05) is 0 Å². The van der Waals surface area contributed by atoms with Crippen LogP contribution in [0.2, 0.25) is 0 Å². The molecule has 0 spiro atoms. The Morgan fingerprint density at radius 1 is 1.14 bits per heavy atom. The molecular weight excluding hydrogens is 304 g/mol. The van der Waals surface area contributed by atoms with E-state index in [2.05, 4.69) is 0 Å². The molecule has 3 aromatic rings. The summed E-state index contributed by atoms with van der Waals surface area (Å²) >= 11 is 1.27. The highest BCUT2D eigenvalue weighted by Gasteiger charge is 2.16. The summed E-state index contributed by atoms with van der Waals surface area (Å²) in [4.78, 5) is 14.5. The second-order valence-corrected chi connectivity index (χ2v) is 6.13. The quantitative estimate of drug-likeness (QED) is 0.699. The number of hydrogen-bond donors (Lipinski definition) is 0. The average molecular weight is 317 g/mol. The van der Waals surface area contributed by atoms with E-state index in [-0.39, 0.29) is 17.5 Å². The summed E-state index contributed by atoms with van der Waals surface area (Å²) in [7, 11) is 1.67. The van der Waals surface area contributed by atoms with Crippen LogP contribution in [-0.4, -0.2) is 17.9 Å². The molecule has 22 heavy (non-hydrogen) atoms. The number of benzene rings is 2. The summed E-state index contributed by atoms with van der Waals surface area (Å²) in [6.07, 6.45) is 0. The monoisotopic (exact) mass is 317 g/mol. The van der Waals surface area contributed by atoms with Crippen LogP contribution in [0.5, 0.6) is 0 Å². The van der Waals surface area contributed by atoms with Gasteiger partial charge in [0.2, 0.25) is 0 Å². The van der Waals surface area contributed by atoms with Gasteiger partial charge in [-0.2, -0.15) is 0 Å². The van der Waals surface area contributed by atoms with Crippen molar-refractivity contribution in [2.75, 3.05) is 7.05 Å². The first kappa shape index (κ1) is 14.7. The van der Waals surface area contributed by atoms with Gasteiger partial charge in [-0.25, -0.2) is 8.78 Å². The fraction of sp³-hybridized carbons (Fsp3) is 0.118. The number of hydrogen-bond acceptors (Lipinski definition) is 2. The van der Waals surface area contributed by atoms with Gasteiger partial charge < -0.3 is 4.90 Å². The first-order valence-electron chi connectivity index (χ1n) is 6.72. The maximum absolute atomic E-state index is 13.7. The van der Waals surface area contributed by atoms with Gasteiger partial charge in [0.15, 0.2) is 0 Å². The summed E-state index contributed by atoms with van der Waals surface area (Å²) in [5.74, 6) is -0.809. The third-order valence-electron chi connectivity index (χ3n) is 3.40. The lowest BCUT2D eigenvalue weighted by Crippen LogP contribution is -2.25. The number of rotatable bonds is 3. The van der Waals surface area contributed by atoms with Crippen molar-refractivity contribution >= 4 is 27.3 Å². The van der Waals surface area contributed by atoms with E-state index >= 15 is 0 Å². The van der Waals surface area contributed by atoms with Crippen molar-refractivity contribution in [2.45, 2.75) is 6.54 Å². The Morgan fingerprint density at radius 3 is 2.55 bits per heavy atom. The number of halogens is 2. The van der Waals surface area contributed by atoms with Crippen LogP contribution in [-0.2, 0) is 6.54 Å². The van der Waals surface area contributed by atoms with Gasteiger partial charge in [0.25, 0.3) is 5.91 Å². The number of nitrogens with zero attached hydrogens (tertiary/aromatic N) is 1. The molecule has 1 heterocycles. The number of carbonyl (C=O) groups is 1. The molecule has 3 rings (SSSR count). The summed E-state index contributed by atoms with van der Waals surface area (Å²) in [6.45, 7) is 0.371. The predicted octanol–water partition coefficient (Wildman–Crippen LogP) is 4.45. The number of thiophene rings is 1. The Hall–Kier alpha value is -2.27. The zero-order valence-electron chi connectivity index (χ0n) is 11.8. The average Bonchev–Trinajstić information content (AvgIpc) is 2.94. The number of carbonyl (C=O) groups excluding carboxylic acids is 1. The molecule has 5 heteroatoms. The molecule has 0 fully saturated rings. The fourth-order valence-corrected chi connectivity index (χ4v) is 3.32. The van der Waals surface area contributed by atoms with Crippen molar-refractivity contribution in [3.05, 3.63) is 70.6 Å². The van der Waals surface area contributed by atoms with E-state index in [9.17, 15) is 13.6 Å². The maximum Gasteiger partial charge on any atom is 0.264 e. The van der Waals surface area contributed by atoms with Crippen LogP contribution in [0.25, 0.3) is 10.1 Å². The topological polar surface area (TPSA) is 20.3 Å². The van der Waals surface area contributed by atoms with E-state index in [1.54, 1.807) is 37.4 Å². The highest BCUT2D eigenvalue weighted by molar-refractivity contribution is 7.20. The molecule has 0 radical (unpaired) electrons. The van der Waals surface area contributed by atoms with Crippen LogP contribution in [0.3, 0.4) is 0 Å². The Balaban J connectivity index is 1.82. The smallest absolute Gasteiger partial charge is 0.264 e. The van der Waals surface area contributed by atoms with E-state index in [0.717, 1.165) is 10.3 Å². The molecule has 0 unspecified atom stereocenters. The molecule has 1 amide bonds. The first-order chi connectivity index (χ1) is 10.5. The second-order valence-electron chi connectivity index (χ2n) is 5.05. The van der Waals surface area contributed by atoms with E-state index < -0.39 is 0 Å². The highest BCUT2D eigenvalue weighted by atomic mass is 32.1. The van der Waals surface area contributed by atoms with Crippen molar-refractivity contribution < 1.29 is 13.6 Å². The molecule has 0 saturated carbocycles. The van der Waals surface area contributed by atoms with E-state index in [1.165, 1.54) is 34.4 Å². The van der Waals surface area contributed by atoms with Crippen molar-refractivity contribution in [1.82, 2.24) is 4.90 Å². The van der Waals surface area contributed by atoms with Gasteiger partial charge in [0, 0.05) is 23.7 Å². The standard InChI is InChI=1S/C17H13F2NOS/c1-20(10-11-5-7-12(18)8-6-11)17(21)16-9-13-14(19)3-2-4-15(13)22-16/h2-9H,10H2,1H3. The molecule has 0 atom stereocenters. The van der Waals surface area contributed by atoms with E-state index in [4.69, 9.17) is 0 Å². The Labute approximate surface area is 130 Å². The van der Waals surface area contributed by atoms with Crippen LogP contribution in [0.15, 0.2) is 48.5 Å². The van der Waals surface area contributed by atoms with Crippen LogP contribution in [0, 0.1) is 11.6 Å². The van der Waals surface area contributed by atoms with Crippen LogP contribution in [0.4, 0.5) is 8.78 Å². The van der Waals surface area contributed by atoms with Crippen LogP contribution >= 0.6 is 11.3 Å². The SMILES string of the molecule is CN(Cc1ccc(F)cc1)C(=O)c1cc2c(F)cccc2s1. The molecule has 2 nitrogen and oxygen atoms in total. The molecule has 0 N–H and O–H groups in total. The minimum atomic E-state index is -0.325. The molecule has 0 aliphatic heterocycles. The Morgan fingerprint density at radius 2 is 1.86 bits per heavy atom. The van der Waals surface area contributed by atoms with Gasteiger partial charge >= 0.3 is 0 Å². The molecule has 112 valence electrons. The summed E-state index contributed by atoms with van der Waals surface area (Å²) < 4.78 is 27.3. The lowest BCUT2D eigenvalue weighted by Gasteiger charge is -2.16. The van der Waals surface area contributed by atoms with Gasteiger partial charge in [-0.1, -0.05) is 18.2 Å². The summed E-state index contributed by atoms with van der Waals surface area (Å²) in [5.41, 5.74) is 0.838. The molecule has 0 saturated heterocycles. The van der Waals surface area contributed by atoms with Crippen LogP contribution in [0.1, 0.15) is 15.2 Å². The van der Waals surface area contributed by atoms with Gasteiger partial charge in [0.1, 0.15) is 11.6 Å². The highest BCUT2D eigenvalue weighted by Crippen LogP contribution is 2.28. The molecule has 2 aromatic carbocycles. The second kappa shape index (κ2) is 5.85. The third-order valence-corrected chi connectivity index (χ3v) is 4.49. The maximum atomic E-state index is 13.7. The summed E-state index contributed by atoms with van der Waals surface area (Å²) in [6, 6.07) is 12.4. The first-order valence-corrected chi connectivity index (χ1v) is 7.54. The molecule has 0 aliphatic rings. The molecule has 0 aliphatic carbocycles. The predicted molar refractivity (Wildman–Crippen MR) is 84.0 cm³/mol. The fourth-order valence-electron chi connectivity index (χ4n) is 2.25. The van der Waals surface area contributed by atoms with Gasteiger partial charge in [-0.05, 0) is 35.9 Å².